The van der Waals surface area contributed by atoms with Gasteiger partial charge in [-0.2, -0.15) is 5.10 Å². The van der Waals surface area contributed by atoms with Crippen molar-refractivity contribution in [3.63, 3.8) is 0 Å². The zero-order valence-corrected chi connectivity index (χ0v) is 14.6. The van der Waals surface area contributed by atoms with Crippen molar-refractivity contribution >= 4 is 5.91 Å². The van der Waals surface area contributed by atoms with Crippen molar-refractivity contribution in [3.05, 3.63) is 66.2 Å². The van der Waals surface area contributed by atoms with E-state index in [1.807, 2.05) is 41.1 Å². The smallest absolute Gasteiger partial charge is 0.253 e. The monoisotopic (exact) mass is 348 g/mol. The Morgan fingerprint density at radius 2 is 2.04 bits per heavy atom. The molecule has 6 heteroatoms. The number of fused-ring (bicyclic) bond motifs is 1. The van der Waals surface area contributed by atoms with Crippen LogP contribution < -0.4 is 10.1 Å². The van der Waals surface area contributed by atoms with Gasteiger partial charge in [0.2, 0.25) is 0 Å². The van der Waals surface area contributed by atoms with E-state index in [-0.39, 0.29) is 11.9 Å². The van der Waals surface area contributed by atoms with Gasteiger partial charge in [0.05, 0.1) is 24.4 Å². The predicted octanol–water partition coefficient (Wildman–Crippen LogP) is 3.22. The molecule has 0 bridgehead atoms. The molecule has 0 spiro atoms. The third kappa shape index (κ3) is 3.18. The minimum absolute atomic E-state index is 0.0107. The predicted molar refractivity (Wildman–Crippen MR) is 97.9 cm³/mol. The second kappa shape index (κ2) is 7.00. The minimum Gasteiger partial charge on any atom is -0.497 e. The number of aromatic nitrogens is 3. The Morgan fingerprint density at radius 1 is 1.19 bits per heavy atom. The van der Waals surface area contributed by atoms with Gasteiger partial charge in [-0.1, -0.05) is 12.1 Å². The van der Waals surface area contributed by atoms with E-state index in [1.165, 1.54) is 0 Å². The van der Waals surface area contributed by atoms with Gasteiger partial charge >= 0.3 is 0 Å². The Kier molecular flexibility index (Phi) is 4.39. The van der Waals surface area contributed by atoms with Crippen molar-refractivity contribution in [2.75, 3.05) is 7.11 Å². The van der Waals surface area contributed by atoms with Crippen LogP contribution in [0.3, 0.4) is 0 Å². The molecule has 26 heavy (non-hydrogen) atoms. The van der Waals surface area contributed by atoms with Crippen LogP contribution in [0, 0.1) is 0 Å². The number of amides is 1. The lowest BCUT2D eigenvalue weighted by Gasteiger charge is -2.24. The van der Waals surface area contributed by atoms with Gasteiger partial charge in [-0.3, -0.25) is 14.5 Å². The molecule has 2 aromatic heterocycles. The molecule has 1 N–H and O–H groups in total. The summed E-state index contributed by atoms with van der Waals surface area (Å²) < 4.78 is 7.15. The molecule has 3 aromatic rings. The third-order valence-corrected chi connectivity index (χ3v) is 4.70. The second-order valence-electron chi connectivity index (χ2n) is 6.34. The summed E-state index contributed by atoms with van der Waals surface area (Å²) in [5.74, 6) is 0.678. The Bertz CT molecular complexity index is 918. The van der Waals surface area contributed by atoms with Gasteiger partial charge in [-0.05, 0) is 42.7 Å². The fraction of sp³-hybridized carbons (Fsp3) is 0.250. The average Bonchev–Trinajstić information content (AvgIpc) is 3.18. The number of carbonyl (C=O) groups excluding carboxylic acids is 1. The van der Waals surface area contributed by atoms with Crippen molar-refractivity contribution in [3.8, 4) is 16.9 Å². The number of hydrogen-bond acceptors (Lipinski definition) is 4. The molecule has 1 aliphatic heterocycles. The maximum Gasteiger partial charge on any atom is 0.253 e. The van der Waals surface area contributed by atoms with E-state index in [0.717, 1.165) is 42.0 Å². The Balaban J connectivity index is 1.54. The maximum absolute atomic E-state index is 12.7. The van der Waals surface area contributed by atoms with Gasteiger partial charge in [0.15, 0.2) is 0 Å². The molecule has 3 heterocycles. The summed E-state index contributed by atoms with van der Waals surface area (Å²) in [5, 5.41) is 7.41. The molecule has 1 atom stereocenters. The van der Waals surface area contributed by atoms with Gasteiger partial charge in [0, 0.05) is 30.7 Å². The van der Waals surface area contributed by atoms with E-state index in [2.05, 4.69) is 15.4 Å². The fourth-order valence-corrected chi connectivity index (χ4v) is 3.31. The van der Waals surface area contributed by atoms with Crippen LogP contribution in [0.4, 0.5) is 0 Å². The summed E-state index contributed by atoms with van der Waals surface area (Å²) in [4.78, 5) is 17.0. The minimum atomic E-state index is -0.118. The van der Waals surface area contributed by atoms with Gasteiger partial charge in [0.25, 0.3) is 5.91 Å². The number of aryl methyl sites for hydroxylation is 1. The lowest BCUT2D eigenvalue weighted by Crippen LogP contribution is -2.32. The Hall–Kier alpha value is -3.15. The Labute approximate surface area is 151 Å². The van der Waals surface area contributed by atoms with Crippen molar-refractivity contribution in [1.82, 2.24) is 20.1 Å². The zero-order chi connectivity index (χ0) is 17.9. The molecule has 0 fully saturated rings. The second-order valence-corrected chi connectivity index (χ2v) is 6.34. The number of methoxy groups -OCH3 is 1. The van der Waals surface area contributed by atoms with Gasteiger partial charge < -0.3 is 10.1 Å². The maximum atomic E-state index is 12.7. The highest BCUT2D eigenvalue weighted by molar-refractivity contribution is 5.95. The summed E-state index contributed by atoms with van der Waals surface area (Å²) in [6.07, 6.45) is 7.06. The summed E-state index contributed by atoms with van der Waals surface area (Å²) in [5.41, 5.74) is 3.50. The van der Waals surface area contributed by atoms with E-state index in [9.17, 15) is 4.79 Å². The van der Waals surface area contributed by atoms with Crippen LogP contribution in [0.25, 0.3) is 11.1 Å². The van der Waals surface area contributed by atoms with Crippen molar-refractivity contribution in [2.24, 2.45) is 0 Å². The number of nitrogens with one attached hydrogen (secondary N) is 1. The highest BCUT2D eigenvalue weighted by atomic mass is 16.5. The first kappa shape index (κ1) is 16.3. The number of ether oxygens (including phenoxy) is 1. The lowest BCUT2D eigenvalue weighted by atomic mass is 10.0. The number of hydrogen-bond donors (Lipinski definition) is 1. The van der Waals surface area contributed by atoms with Gasteiger partial charge in [-0.25, -0.2) is 0 Å². The van der Waals surface area contributed by atoms with E-state index in [1.54, 1.807) is 25.7 Å². The standard InChI is InChI=1S/C20H20N4O2/c1-26-17-6-4-14(5-7-17)15-11-16(13-21-12-15)20(25)23-18-3-2-10-24-19(18)8-9-22-24/h4-9,11-13,18H,2-3,10H2,1H3,(H,23,25). The Morgan fingerprint density at radius 3 is 2.85 bits per heavy atom. The molecular weight excluding hydrogens is 328 g/mol. The number of pyridine rings is 1. The van der Waals surface area contributed by atoms with Gasteiger partial charge in [0.1, 0.15) is 5.75 Å². The van der Waals surface area contributed by atoms with Crippen LogP contribution in [-0.2, 0) is 6.54 Å². The SMILES string of the molecule is COc1ccc(-c2cncc(C(=O)NC3CCCn4nccc43)c2)cc1. The molecule has 0 saturated heterocycles. The fourth-order valence-electron chi connectivity index (χ4n) is 3.31. The van der Waals surface area contributed by atoms with Crippen molar-refractivity contribution in [1.29, 1.82) is 0 Å². The largest absolute Gasteiger partial charge is 0.497 e. The van der Waals surface area contributed by atoms with E-state index in [0.29, 0.717) is 5.56 Å². The molecule has 1 unspecified atom stereocenters. The van der Waals surface area contributed by atoms with Crippen LogP contribution in [-0.4, -0.2) is 27.8 Å². The summed E-state index contributed by atoms with van der Waals surface area (Å²) in [6.45, 7) is 0.906. The van der Waals surface area contributed by atoms with Crippen LogP contribution in [0.2, 0.25) is 0 Å². The third-order valence-electron chi connectivity index (χ3n) is 4.70. The molecule has 1 aromatic carbocycles. The number of nitrogens with zero attached hydrogens (tertiary/aromatic N) is 3. The molecule has 0 saturated carbocycles. The van der Waals surface area contributed by atoms with Crippen molar-refractivity contribution < 1.29 is 9.53 Å². The van der Waals surface area contributed by atoms with Crippen LogP contribution in [0.15, 0.2) is 55.0 Å². The van der Waals surface area contributed by atoms with Crippen LogP contribution in [0.1, 0.15) is 34.9 Å². The summed E-state index contributed by atoms with van der Waals surface area (Å²) in [6, 6.07) is 11.5. The first-order valence-corrected chi connectivity index (χ1v) is 8.66. The molecule has 4 rings (SSSR count). The summed E-state index contributed by atoms with van der Waals surface area (Å²) >= 11 is 0. The van der Waals surface area contributed by atoms with Crippen molar-refractivity contribution in [2.45, 2.75) is 25.4 Å². The van der Waals surface area contributed by atoms with Crippen LogP contribution >= 0.6 is 0 Å². The normalized spacial score (nSPS) is 16.0. The van der Waals surface area contributed by atoms with E-state index >= 15 is 0 Å². The number of benzene rings is 1. The lowest BCUT2D eigenvalue weighted by molar-refractivity contribution is 0.0928. The highest BCUT2D eigenvalue weighted by Gasteiger charge is 2.23. The molecule has 0 aliphatic carbocycles. The molecule has 6 nitrogen and oxygen atoms in total. The number of carbonyl (C=O) groups is 1. The van der Waals surface area contributed by atoms with E-state index in [4.69, 9.17) is 4.74 Å². The van der Waals surface area contributed by atoms with E-state index < -0.39 is 0 Å². The quantitative estimate of drug-likeness (QED) is 0.786. The molecular formula is C20H20N4O2. The number of rotatable bonds is 4. The van der Waals surface area contributed by atoms with Gasteiger partial charge in [-0.15, -0.1) is 0 Å². The topological polar surface area (TPSA) is 69.0 Å². The van der Waals surface area contributed by atoms with Crippen LogP contribution in [0.5, 0.6) is 5.75 Å². The molecule has 1 amide bonds. The molecule has 0 radical (unpaired) electrons. The first-order chi connectivity index (χ1) is 12.7. The average molecular weight is 348 g/mol. The highest BCUT2D eigenvalue weighted by Crippen LogP contribution is 2.25. The summed E-state index contributed by atoms with van der Waals surface area (Å²) in [7, 11) is 1.64. The molecule has 1 aliphatic rings. The zero-order valence-electron chi connectivity index (χ0n) is 14.6. The molecule has 132 valence electrons. The first-order valence-electron chi connectivity index (χ1n) is 8.66.